The molecule has 0 fully saturated rings. The van der Waals surface area contributed by atoms with Crippen LogP contribution in [0.2, 0.25) is 0 Å². The number of rotatable bonds is 6. The number of anilines is 1. The topological polar surface area (TPSA) is 75.3 Å². The van der Waals surface area contributed by atoms with Crippen LogP contribution in [0.25, 0.3) is 0 Å². The third-order valence-electron chi connectivity index (χ3n) is 3.44. The average molecular weight is 350 g/mol. The first-order valence-corrected chi connectivity index (χ1v) is 8.89. The number of halogens is 1. The van der Waals surface area contributed by atoms with E-state index in [1.807, 2.05) is 0 Å². The Kier molecular flexibility index (Phi) is 5.69. The van der Waals surface area contributed by atoms with E-state index in [1.165, 1.54) is 19.1 Å². The molecule has 0 heterocycles. The SMILES string of the molecule is CC(=O)Nc1ccc(C)c(S(=O)(=O)NCCc2ccccc2F)c1. The Labute approximate surface area is 141 Å². The zero-order valence-corrected chi connectivity index (χ0v) is 14.3. The van der Waals surface area contributed by atoms with Gasteiger partial charge in [-0.25, -0.2) is 17.5 Å². The lowest BCUT2D eigenvalue weighted by atomic mass is 10.1. The van der Waals surface area contributed by atoms with Gasteiger partial charge in [0.15, 0.2) is 0 Å². The molecule has 0 saturated carbocycles. The molecule has 24 heavy (non-hydrogen) atoms. The summed E-state index contributed by atoms with van der Waals surface area (Å²) in [5, 5.41) is 2.55. The summed E-state index contributed by atoms with van der Waals surface area (Å²) in [6.45, 7) is 3.09. The Bertz CT molecular complexity index is 851. The van der Waals surface area contributed by atoms with E-state index in [1.54, 1.807) is 37.3 Å². The average Bonchev–Trinajstić information content (AvgIpc) is 2.50. The summed E-state index contributed by atoms with van der Waals surface area (Å²) in [5.74, 6) is -0.643. The molecule has 0 bridgehead atoms. The van der Waals surface area contributed by atoms with Crippen molar-refractivity contribution < 1.29 is 17.6 Å². The molecule has 7 heteroatoms. The van der Waals surface area contributed by atoms with E-state index < -0.39 is 10.0 Å². The maximum atomic E-state index is 13.6. The summed E-state index contributed by atoms with van der Waals surface area (Å²) in [4.78, 5) is 11.2. The first-order valence-electron chi connectivity index (χ1n) is 7.41. The van der Waals surface area contributed by atoms with Gasteiger partial charge in [0, 0.05) is 19.2 Å². The van der Waals surface area contributed by atoms with Crippen molar-refractivity contribution >= 4 is 21.6 Å². The van der Waals surface area contributed by atoms with Crippen LogP contribution >= 0.6 is 0 Å². The first kappa shape index (κ1) is 18.1. The fraction of sp³-hybridized carbons (Fsp3) is 0.235. The normalized spacial score (nSPS) is 11.3. The molecule has 5 nitrogen and oxygen atoms in total. The Morgan fingerprint density at radius 3 is 2.54 bits per heavy atom. The lowest BCUT2D eigenvalue weighted by Crippen LogP contribution is -2.27. The Hall–Kier alpha value is -2.25. The second-order valence-electron chi connectivity index (χ2n) is 5.40. The van der Waals surface area contributed by atoms with Crippen LogP contribution in [-0.4, -0.2) is 20.9 Å². The third kappa shape index (κ3) is 4.62. The van der Waals surface area contributed by atoms with E-state index in [4.69, 9.17) is 0 Å². The largest absolute Gasteiger partial charge is 0.326 e. The Morgan fingerprint density at radius 2 is 1.88 bits per heavy atom. The number of carbonyl (C=O) groups is 1. The standard InChI is InChI=1S/C17H19FN2O3S/c1-12-7-8-15(20-13(2)21)11-17(12)24(22,23)19-10-9-14-5-3-4-6-16(14)18/h3-8,11,19H,9-10H2,1-2H3,(H,20,21). The monoisotopic (exact) mass is 350 g/mol. The molecule has 2 aromatic carbocycles. The van der Waals surface area contributed by atoms with Gasteiger partial charge in [0.05, 0.1) is 4.90 Å². The predicted octanol–water partition coefficient (Wildman–Crippen LogP) is 2.61. The highest BCUT2D eigenvalue weighted by atomic mass is 32.2. The van der Waals surface area contributed by atoms with Gasteiger partial charge in [-0.2, -0.15) is 0 Å². The third-order valence-corrected chi connectivity index (χ3v) is 5.05. The molecule has 128 valence electrons. The predicted molar refractivity (Wildman–Crippen MR) is 90.8 cm³/mol. The molecule has 0 radical (unpaired) electrons. The van der Waals surface area contributed by atoms with Crippen molar-refractivity contribution in [1.82, 2.24) is 4.72 Å². The van der Waals surface area contributed by atoms with Gasteiger partial charge >= 0.3 is 0 Å². The van der Waals surface area contributed by atoms with E-state index in [0.29, 0.717) is 16.8 Å². The van der Waals surface area contributed by atoms with Crippen LogP contribution in [0.1, 0.15) is 18.1 Å². The summed E-state index contributed by atoms with van der Waals surface area (Å²) in [7, 11) is -3.76. The van der Waals surface area contributed by atoms with Gasteiger partial charge in [-0.15, -0.1) is 0 Å². The molecule has 0 aliphatic rings. The van der Waals surface area contributed by atoms with Crippen molar-refractivity contribution in [2.24, 2.45) is 0 Å². The van der Waals surface area contributed by atoms with Gasteiger partial charge in [-0.1, -0.05) is 24.3 Å². The highest BCUT2D eigenvalue weighted by Crippen LogP contribution is 2.20. The molecule has 2 aromatic rings. The van der Waals surface area contributed by atoms with Crippen LogP contribution in [0, 0.1) is 12.7 Å². The van der Waals surface area contributed by atoms with Gasteiger partial charge in [0.25, 0.3) is 0 Å². The van der Waals surface area contributed by atoms with Gasteiger partial charge in [-0.05, 0) is 42.7 Å². The number of carbonyl (C=O) groups excluding carboxylic acids is 1. The molecule has 0 unspecified atom stereocenters. The summed E-state index contributed by atoms with van der Waals surface area (Å²) in [5.41, 5.74) is 1.41. The maximum absolute atomic E-state index is 13.6. The minimum Gasteiger partial charge on any atom is -0.326 e. The molecule has 2 N–H and O–H groups in total. The van der Waals surface area contributed by atoms with Crippen molar-refractivity contribution in [1.29, 1.82) is 0 Å². The van der Waals surface area contributed by atoms with Crippen molar-refractivity contribution in [3.63, 3.8) is 0 Å². The van der Waals surface area contributed by atoms with E-state index in [-0.39, 0.29) is 29.6 Å². The van der Waals surface area contributed by atoms with Crippen LogP contribution < -0.4 is 10.0 Å². The molecule has 0 saturated heterocycles. The summed E-state index contributed by atoms with van der Waals surface area (Å²) in [6, 6.07) is 10.9. The highest BCUT2D eigenvalue weighted by molar-refractivity contribution is 7.89. The molecular weight excluding hydrogens is 331 g/mol. The van der Waals surface area contributed by atoms with Gasteiger partial charge in [0.1, 0.15) is 5.82 Å². The van der Waals surface area contributed by atoms with Crippen molar-refractivity contribution in [3.05, 3.63) is 59.4 Å². The molecule has 1 amide bonds. The Morgan fingerprint density at radius 1 is 1.17 bits per heavy atom. The summed E-state index contributed by atoms with van der Waals surface area (Å²) >= 11 is 0. The van der Waals surface area contributed by atoms with Crippen LogP contribution in [0.15, 0.2) is 47.4 Å². The fourth-order valence-corrected chi connectivity index (χ4v) is 3.57. The molecule has 2 rings (SSSR count). The van der Waals surface area contributed by atoms with Gasteiger partial charge in [0.2, 0.25) is 15.9 Å². The molecule has 0 aromatic heterocycles. The number of sulfonamides is 1. The van der Waals surface area contributed by atoms with Crippen LogP contribution in [0.3, 0.4) is 0 Å². The van der Waals surface area contributed by atoms with E-state index in [2.05, 4.69) is 10.0 Å². The van der Waals surface area contributed by atoms with Crippen LogP contribution in [-0.2, 0) is 21.2 Å². The van der Waals surface area contributed by atoms with E-state index in [9.17, 15) is 17.6 Å². The number of hydrogen-bond donors (Lipinski definition) is 2. The molecular formula is C17H19FN2O3S. The number of nitrogens with one attached hydrogen (secondary N) is 2. The molecule has 0 spiro atoms. The van der Waals surface area contributed by atoms with Crippen LogP contribution in [0.4, 0.5) is 10.1 Å². The van der Waals surface area contributed by atoms with E-state index in [0.717, 1.165) is 0 Å². The van der Waals surface area contributed by atoms with Crippen molar-refractivity contribution in [3.8, 4) is 0 Å². The highest BCUT2D eigenvalue weighted by Gasteiger charge is 2.17. The number of amides is 1. The summed E-state index contributed by atoms with van der Waals surface area (Å²) in [6.07, 6.45) is 0.246. The zero-order valence-electron chi connectivity index (χ0n) is 13.5. The second kappa shape index (κ2) is 7.55. The number of benzene rings is 2. The molecule has 0 atom stereocenters. The van der Waals surface area contributed by atoms with Crippen molar-refractivity contribution in [2.45, 2.75) is 25.2 Å². The van der Waals surface area contributed by atoms with Crippen molar-refractivity contribution in [2.75, 3.05) is 11.9 Å². The lowest BCUT2D eigenvalue weighted by Gasteiger charge is -2.11. The van der Waals surface area contributed by atoms with Gasteiger partial charge < -0.3 is 5.32 Å². The maximum Gasteiger partial charge on any atom is 0.240 e. The molecule has 0 aliphatic heterocycles. The summed E-state index contributed by atoms with van der Waals surface area (Å²) < 4.78 is 40.9. The lowest BCUT2D eigenvalue weighted by molar-refractivity contribution is -0.114. The number of aryl methyl sites for hydroxylation is 1. The van der Waals surface area contributed by atoms with E-state index >= 15 is 0 Å². The molecule has 0 aliphatic carbocycles. The van der Waals surface area contributed by atoms with Crippen LogP contribution in [0.5, 0.6) is 0 Å². The Balaban J connectivity index is 2.12. The second-order valence-corrected chi connectivity index (χ2v) is 7.14. The quantitative estimate of drug-likeness (QED) is 0.841. The first-order chi connectivity index (χ1) is 11.3. The minimum absolute atomic E-state index is 0.0765. The van der Waals surface area contributed by atoms with Gasteiger partial charge in [-0.3, -0.25) is 4.79 Å². The minimum atomic E-state index is -3.76. The zero-order chi connectivity index (χ0) is 17.7. The fourth-order valence-electron chi connectivity index (χ4n) is 2.27. The smallest absolute Gasteiger partial charge is 0.240 e. The number of hydrogen-bond acceptors (Lipinski definition) is 3.